The monoisotopic (exact) mass is 487 g/mol. The SMILES string of the molecule is COc1ccc(CN(CC2CCCO2)C(C)=O)cc1OS(=O)(=O)c1ccc(Cl)c(Cl)c1. The van der Waals surface area contributed by atoms with Gasteiger partial charge in [0.05, 0.1) is 23.3 Å². The summed E-state index contributed by atoms with van der Waals surface area (Å²) >= 11 is 11.8. The Hall–Kier alpha value is -2.00. The number of hydrogen-bond donors (Lipinski definition) is 0. The Bertz CT molecular complexity index is 1050. The van der Waals surface area contributed by atoms with Crippen molar-refractivity contribution in [3.8, 4) is 11.5 Å². The van der Waals surface area contributed by atoms with Crippen molar-refractivity contribution in [3.63, 3.8) is 0 Å². The van der Waals surface area contributed by atoms with Crippen LogP contribution in [0.1, 0.15) is 25.3 Å². The third kappa shape index (κ3) is 6.04. The van der Waals surface area contributed by atoms with E-state index in [9.17, 15) is 13.2 Å². The Labute approximate surface area is 191 Å². The number of carbonyl (C=O) groups excluding carboxylic acids is 1. The lowest BCUT2D eigenvalue weighted by molar-refractivity contribution is -0.131. The highest BCUT2D eigenvalue weighted by Crippen LogP contribution is 2.33. The summed E-state index contributed by atoms with van der Waals surface area (Å²) in [7, 11) is -2.78. The fourth-order valence-electron chi connectivity index (χ4n) is 3.24. The fourth-order valence-corrected chi connectivity index (χ4v) is 4.56. The van der Waals surface area contributed by atoms with Gasteiger partial charge in [0, 0.05) is 26.6 Å². The van der Waals surface area contributed by atoms with E-state index < -0.39 is 10.1 Å². The van der Waals surface area contributed by atoms with Crippen molar-refractivity contribution in [2.45, 2.75) is 37.3 Å². The third-order valence-corrected chi connectivity index (χ3v) is 6.84. The van der Waals surface area contributed by atoms with Gasteiger partial charge in [-0.05, 0) is 48.7 Å². The molecule has 1 fully saturated rings. The zero-order valence-electron chi connectivity index (χ0n) is 17.1. The summed E-state index contributed by atoms with van der Waals surface area (Å²) in [6.07, 6.45) is 1.89. The van der Waals surface area contributed by atoms with E-state index in [1.807, 2.05) is 0 Å². The van der Waals surface area contributed by atoms with Crippen LogP contribution in [0, 0.1) is 0 Å². The fraction of sp³-hybridized carbons (Fsp3) is 0.381. The summed E-state index contributed by atoms with van der Waals surface area (Å²) in [5, 5.41) is 0.328. The molecular formula is C21H23Cl2NO6S. The summed E-state index contributed by atoms with van der Waals surface area (Å²) in [5.41, 5.74) is 0.688. The van der Waals surface area contributed by atoms with E-state index in [2.05, 4.69) is 0 Å². The third-order valence-electron chi connectivity index (χ3n) is 4.87. The summed E-state index contributed by atoms with van der Waals surface area (Å²) in [6.45, 7) is 2.94. The van der Waals surface area contributed by atoms with Gasteiger partial charge in [0.1, 0.15) is 4.90 Å². The first-order valence-corrected chi connectivity index (χ1v) is 11.8. The highest BCUT2D eigenvalue weighted by Gasteiger charge is 2.23. The molecule has 1 aliphatic rings. The van der Waals surface area contributed by atoms with Crippen LogP contribution < -0.4 is 8.92 Å². The van der Waals surface area contributed by atoms with Gasteiger partial charge in [-0.1, -0.05) is 29.3 Å². The molecule has 1 aliphatic heterocycles. The maximum atomic E-state index is 12.7. The number of ether oxygens (including phenoxy) is 2. The second-order valence-corrected chi connectivity index (χ2v) is 9.49. The van der Waals surface area contributed by atoms with Crippen molar-refractivity contribution in [2.75, 3.05) is 20.3 Å². The molecule has 1 amide bonds. The molecule has 0 aromatic heterocycles. The molecule has 0 N–H and O–H groups in total. The number of benzene rings is 2. The molecular weight excluding hydrogens is 465 g/mol. The Morgan fingerprint density at radius 3 is 2.55 bits per heavy atom. The van der Waals surface area contributed by atoms with Crippen LogP contribution in [0.2, 0.25) is 10.0 Å². The second kappa shape index (κ2) is 10.1. The smallest absolute Gasteiger partial charge is 0.339 e. The van der Waals surface area contributed by atoms with Crippen LogP contribution in [0.4, 0.5) is 0 Å². The van der Waals surface area contributed by atoms with E-state index in [-0.39, 0.29) is 45.0 Å². The molecule has 168 valence electrons. The lowest BCUT2D eigenvalue weighted by atomic mass is 10.1. The predicted octanol–water partition coefficient (Wildman–Crippen LogP) is 4.30. The van der Waals surface area contributed by atoms with Gasteiger partial charge in [0.25, 0.3) is 0 Å². The molecule has 0 bridgehead atoms. The Morgan fingerprint density at radius 1 is 1.16 bits per heavy atom. The number of nitrogens with zero attached hydrogens (tertiary/aromatic N) is 1. The van der Waals surface area contributed by atoms with Crippen molar-refractivity contribution < 1.29 is 26.9 Å². The minimum Gasteiger partial charge on any atom is -0.493 e. The van der Waals surface area contributed by atoms with Gasteiger partial charge in [-0.2, -0.15) is 8.42 Å². The zero-order valence-corrected chi connectivity index (χ0v) is 19.5. The quantitative estimate of drug-likeness (QED) is 0.516. The largest absolute Gasteiger partial charge is 0.493 e. The molecule has 0 aliphatic carbocycles. The standard InChI is InChI=1S/C21H23Cl2NO6S/c1-14(25)24(13-16-4-3-9-29-16)12-15-5-8-20(28-2)21(10-15)30-31(26,27)17-6-7-18(22)19(23)11-17/h5-8,10-11,16H,3-4,9,12-13H2,1-2H3. The van der Waals surface area contributed by atoms with Gasteiger partial charge in [-0.3, -0.25) is 4.79 Å². The van der Waals surface area contributed by atoms with Crippen LogP contribution in [-0.2, 0) is 26.2 Å². The lowest BCUT2D eigenvalue weighted by Crippen LogP contribution is -2.35. The Balaban J connectivity index is 1.83. The number of carbonyl (C=O) groups is 1. The first-order valence-electron chi connectivity index (χ1n) is 9.63. The summed E-state index contributed by atoms with van der Waals surface area (Å²) < 4.78 is 41.7. The molecule has 1 heterocycles. The minimum absolute atomic E-state index is 0.00620. The van der Waals surface area contributed by atoms with Crippen LogP contribution in [0.5, 0.6) is 11.5 Å². The Kier molecular flexibility index (Phi) is 7.69. The molecule has 2 aromatic carbocycles. The van der Waals surface area contributed by atoms with E-state index in [1.165, 1.54) is 32.2 Å². The van der Waals surface area contributed by atoms with E-state index in [1.54, 1.807) is 23.1 Å². The highest BCUT2D eigenvalue weighted by molar-refractivity contribution is 7.87. The number of methoxy groups -OCH3 is 1. The molecule has 1 saturated heterocycles. The normalized spacial score (nSPS) is 16.2. The van der Waals surface area contributed by atoms with E-state index >= 15 is 0 Å². The van der Waals surface area contributed by atoms with Crippen LogP contribution in [0.15, 0.2) is 41.3 Å². The topological polar surface area (TPSA) is 82.1 Å². The van der Waals surface area contributed by atoms with Crippen molar-refractivity contribution in [1.29, 1.82) is 0 Å². The van der Waals surface area contributed by atoms with Gasteiger partial charge >= 0.3 is 10.1 Å². The number of halogens is 2. The average Bonchev–Trinajstić information content (AvgIpc) is 3.22. The van der Waals surface area contributed by atoms with Gasteiger partial charge in [0.2, 0.25) is 5.91 Å². The van der Waals surface area contributed by atoms with Crippen LogP contribution in [0.25, 0.3) is 0 Å². The maximum absolute atomic E-state index is 12.7. The molecule has 0 spiro atoms. The van der Waals surface area contributed by atoms with Crippen LogP contribution in [0.3, 0.4) is 0 Å². The summed E-state index contributed by atoms with van der Waals surface area (Å²) in [6, 6.07) is 8.79. The Morgan fingerprint density at radius 2 is 1.94 bits per heavy atom. The number of hydrogen-bond acceptors (Lipinski definition) is 6. The van der Waals surface area contributed by atoms with E-state index in [0.29, 0.717) is 18.7 Å². The summed E-state index contributed by atoms with van der Waals surface area (Å²) in [4.78, 5) is 13.6. The first-order chi connectivity index (χ1) is 14.7. The molecule has 10 heteroatoms. The van der Waals surface area contributed by atoms with E-state index in [0.717, 1.165) is 12.8 Å². The number of rotatable bonds is 8. The molecule has 1 unspecified atom stereocenters. The predicted molar refractivity (Wildman–Crippen MR) is 117 cm³/mol. The molecule has 2 aromatic rings. The van der Waals surface area contributed by atoms with Gasteiger partial charge < -0.3 is 18.6 Å². The average molecular weight is 488 g/mol. The first kappa shape index (κ1) is 23.7. The van der Waals surface area contributed by atoms with Crippen molar-refractivity contribution in [2.24, 2.45) is 0 Å². The molecule has 0 radical (unpaired) electrons. The van der Waals surface area contributed by atoms with Crippen LogP contribution in [-0.4, -0.2) is 45.6 Å². The van der Waals surface area contributed by atoms with Gasteiger partial charge in [0.15, 0.2) is 11.5 Å². The molecule has 3 rings (SSSR count). The zero-order chi connectivity index (χ0) is 22.6. The van der Waals surface area contributed by atoms with Crippen molar-refractivity contribution in [3.05, 3.63) is 52.0 Å². The number of amides is 1. The molecule has 0 saturated carbocycles. The van der Waals surface area contributed by atoms with Crippen molar-refractivity contribution in [1.82, 2.24) is 4.90 Å². The van der Waals surface area contributed by atoms with Crippen LogP contribution >= 0.6 is 23.2 Å². The molecule has 31 heavy (non-hydrogen) atoms. The molecule has 7 nitrogen and oxygen atoms in total. The highest BCUT2D eigenvalue weighted by atomic mass is 35.5. The molecule has 1 atom stereocenters. The minimum atomic E-state index is -4.19. The second-order valence-electron chi connectivity index (χ2n) is 7.13. The van der Waals surface area contributed by atoms with E-state index in [4.69, 9.17) is 36.9 Å². The van der Waals surface area contributed by atoms with Crippen molar-refractivity contribution >= 4 is 39.2 Å². The van der Waals surface area contributed by atoms with Gasteiger partial charge in [-0.25, -0.2) is 0 Å². The van der Waals surface area contributed by atoms with Gasteiger partial charge in [-0.15, -0.1) is 0 Å². The maximum Gasteiger partial charge on any atom is 0.339 e. The lowest BCUT2D eigenvalue weighted by Gasteiger charge is -2.24. The summed E-state index contributed by atoms with van der Waals surface area (Å²) in [5.74, 6) is 0.143.